The fraction of sp³-hybridized carbons (Fsp3) is 0.714. The van der Waals surface area contributed by atoms with Gasteiger partial charge in [-0.1, -0.05) is 20.8 Å². The van der Waals surface area contributed by atoms with Crippen LogP contribution in [0, 0.1) is 5.41 Å². The summed E-state index contributed by atoms with van der Waals surface area (Å²) in [6.07, 6.45) is 3.01. The lowest BCUT2D eigenvalue weighted by Gasteiger charge is -2.20. The van der Waals surface area contributed by atoms with Gasteiger partial charge in [-0.25, -0.2) is 4.98 Å². The minimum atomic E-state index is 0.226. The summed E-state index contributed by atoms with van der Waals surface area (Å²) in [6, 6.07) is 2.56. The Morgan fingerprint density at radius 1 is 1.42 bits per heavy atom. The highest BCUT2D eigenvalue weighted by atomic mass is 15.3. The molecule has 0 aromatic carbocycles. The Labute approximate surface area is 115 Å². The van der Waals surface area contributed by atoms with Gasteiger partial charge in [-0.2, -0.15) is 4.98 Å². The predicted molar refractivity (Wildman–Crippen MR) is 79.7 cm³/mol. The Bertz CT molecular complexity index is 413. The molecular weight excluding hydrogens is 238 g/mol. The zero-order valence-electron chi connectivity index (χ0n) is 12.4. The average molecular weight is 263 g/mol. The first-order chi connectivity index (χ1) is 8.98. The second-order valence-corrected chi connectivity index (χ2v) is 6.37. The van der Waals surface area contributed by atoms with Crippen molar-refractivity contribution >= 4 is 11.8 Å². The van der Waals surface area contributed by atoms with Gasteiger partial charge in [-0.3, -0.25) is 0 Å². The van der Waals surface area contributed by atoms with Crippen LogP contribution in [0.5, 0.6) is 0 Å². The largest absolute Gasteiger partial charge is 0.355 e. The summed E-state index contributed by atoms with van der Waals surface area (Å²) >= 11 is 0. The number of hydrogen-bond donors (Lipinski definition) is 2. The van der Waals surface area contributed by atoms with E-state index in [2.05, 4.69) is 46.3 Å². The van der Waals surface area contributed by atoms with Crippen LogP contribution in [0.2, 0.25) is 0 Å². The summed E-state index contributed by atoms with van der Waals surface area (Å²) in [5.41, 5.74) is 0.226. The molecule has 1 aromatic rings. The topological polar surface area (TPSA) is 53.1 Å². The normalized spacial score (nSPS) is 19.8. The van der Waals surface area contributed by atoms with E-state index >= 15 is 0 Å². The van der Waals surface area contributed by atoms with Gasteiger partial charge in [0, 0.05) is 31.9 Å². The van der Waals surface area contributed by atoms with E-state index < -0.39 is 0 Å². The van der Waals surface area contributed by atoms with Crippen molar-refractivity contribution in [2.24, 2.45) is 5.41 Å². The molecule has 1 aliphatic rings. The van der Waals surface area contributed by atoms with Crippen molar-refractivity contribution in [1.82, 2.24) is 15.3 Å². The van der Waals surface area contributed by atoms with Gasteiger partial charge in [0.25, 0.3) is 0 Å². The lowest BCUT2D eigenvalue weighted by Crippen LogP contribution is -2.30. The van der Waals surface area contributed by atoms with Crippen LogP contribution in [-0.2, 0) is 0 Å². The van der Waals surface area contributed by atoms with Crippen LogP contribution in [0.4, 0.5) is 11.8 Å². The van der Waals surface area contributed by atoms with Crippen molar-refractivity contribution in [3.63, 3.8) is 0 Å². The molecule has 0 radical (unpaired) electrons. The van der Waals surface area contributed by atoms with E-state index in [-0.39, 0.29) is 5.41 Å². The van der Waals surface area contributed by atoms with E-state index in [1.807, 2.05) is 19.3 Å². The predicted octanol–water partition coefficient (Wildman–Crippen LogP) is 1.73. The molecule has 19 heavy (non-hydrogen) atoms. The minimum Gasteiger partial charge on any atom is -0.355 e. The summed E-state index contributed by atoms with van der Waals surface area (Å²) in [5, 5.41) is 6.63. The fourth-order valence-corrected chi connectivity index (χ4v) is 2.16. The smallest absolute Gasteiger partial charge is 0.224 e. The van der Waals surface area contributed by atoms with Crippen LogP contribution in [0.15, 0.2) is 12.3 Å². The van der Waals surface area contributed by atoms with Crippen molar-refractivity contribution < 1.29 is 0 Å². The molecular formula is C14H25N5. The molecule has 1 fully saturated rings. The molecule has 2 heterocycles. The summed E-state index contributed by atoms with van der Waals surface area (Å²) in [5.74, 6) is 1.74. The maximum Gasteiger partial charge on any atom is 0.224 e. The second kappa shape index (κ2) is 5.74. The summed E-state index contributed by atoms with van der Waals surface area (Å²) in [6.45, 7) is 9.54. The molecule has 106 valence electrons. The second-order valence-electron chi connectivity index (χ2n) is 6.37. The first kappa shape index (κ1) is 14.1. The van der Waals surface area contributed by atoms with E-state index in [1.165, 1.54) is 6.42 Å². The highest BCUT2D eigenvalue weighted by Gasteiger charge is 2.22. The zero-order chi connectivity index (χ0) is 13.9. The van der Waals surface area contributed by atoms with Crippen molar-refractivity contribution in [1.29, 1.82) is 0 Å². The molecule has 0 aliphatic carbocycles. The first-order valence-corrected chi connectivity index (χ1v) is 6.97. The van der Waals surface area contributed by atoms with Crippen LogP contribution in [0.1, 0.15) is 27.2 Å². The van der Waals surface area contributed by atoms with Gasteiger partial charge in [0.1, 0.15) is 5.82 Å². The van der Waals surface area contributed by atoms with Crippen LogP contribution < -0.4 is 15.5 Å². The van der Waals surface area contributed by atoms with Gasteiger partial charge in [0.2, 0.25) is 5.95 Å². The number of likely N-dealkylation sites (N-methyl/N-ethyl adjacent to an activating group) is 1. The maximum absolute atomic E-state index is 4.60. The number of aromatic nitrogens is 2. The minimum absolute atomic E-state index is 0.226. The van der Waals surface area contributed by atoms with Gasteiger partial charge in [-0.05, 0) is 24.9 Å². The molecule has 1 aliphatic heterocycles. The van der Waals surface area contributed by atoms with E-state index in [9.17, 15) is 0 Å². The SMILES string of the molecule is CN[C@H]1CCN(c2ccnc(NCC(C)(C)C)n2)C1. The summed E-state index contributed by atoms with van der Waals surface area (Å²) in [4.78, 5) is 11.2. The van der Waals surface area contributed by atoms with E-state index in [4.69, 9.17) is 0 Å². The Morgan fingerprint density at radius 3 is 2.84 bits per heavy atom. The molecule has 5 heteroatoms. The van der Waals surface area contributed by atoms with Crippen molar-refractivity contribution in [2.75, 3.05) is 36.9 Å². The molecule has 2 rings (SSSR count). The van der Waals surface area contributed by atoms with E-state index in [0.717, 1.165) is 31.4 Å². The fourth-order valence-electron chi connectivity index (χ4n) is 2.16. The lowest BCUT2D eigenvalue weighted by molar-refractivity contribution is 0.442. The zero-order valence-corrected chi connectivity index (χ0v) is 12.4. The van der Waals surface area contributed by atoms with E-state index in [0.29, 0.717) is 6.04 Å². The Morgan fingerprint density at radius 2 is 2.21 bits per heavy atom. The molecule has 1 aromatic heterocycles. The molecule has 0 unspecified atom stereocenters. The van der Waals surface area contributed by atoms with Crippen LogP contribution in [-0.4, -0.2) is 42.7 Å². The number of nitrogens with zero attached hydrogens (tertiary/aromatic N) is 3. The maximum atomic E-state index is 4.60. The standard InChI is InChI=1S/C14H25N5/c1-14(2,3)10-17-13-16-7-5-12(18-13)19-8-6-11(9-19)15-4/h5,7,11,15H,6,8-10H2,1-4H3,(H,16,17,18)/t11-/m0/s1. The highest BCUT2D eigenvalue weighted by Crippen LogP contribution is 2.19. The number of nitrogens with one attached hydrogen (secondary N) is 2. The average Bonchev–Trinajstić information content (AvgIpc) is 2.85. The Kier molecular flexibility index (Phi) is 4.24. The molecule has 1 saturated heterocycles. The van der Waals surface area contributed by atoms with Crippen molar-refractivity contribution in [3.8, 4) is 0 Å². The molecule has 0 spiro atoms. The number of rotatable bonds is 4. The quantitative estimate of drug-likeness (QED) is 0.866. The molecule has 2 N–H and O–H groups in total. The van der Waals surface area contributed by atoms with Gasteiger partial charge < -0.3 is 15.5 Å². The van der Waals surface area contributed by atoms with Crippen molar-refractivity contribution in [2.45, 2.75) is 33.2 Å². The van der Waals surface area contributed by atoms with Crippen molar-refractivity contribution in [3.05, 3.63) is 12.3 Å². The first-order valence-electron chi connectivity index (χ1n) is 6.97. The molecule has 0 amide bonds. The van der Waals surface area contributed by atoms with E-state index in [1.54, 1.807) is 0 Å². The summed E-state index contributed by atoms with van der Waals surface area (Å²) < 4.78 is 0. The van der Waals surface area contributed by atoms with Gasteiger partial charge in [-0.15, -0.1) is 0 Å². The third kappa shape index (κ3) is 4.06. The third-order valence-corrected chi connectivity index (χ3v) is 3.34. The number of anilines is 2. The Balaban J connectivity index is 1.99. The third-order valence-electron chi connectivity index (χ3n) is 3.34. The molecule has 1 atom stereocenters. The van der Waals surface area contributed by atoms with Gasteiger partial charge in [0.15, 0.2) is 0 Å². The molecule has 0 bridgehead atoms. The lowest BCUT2D eigenvalue weighted by atomic mass is 9.97. The summed E-state index contributed by atoms with van der Waals surface area (Å²) in [7, 11) is 2.02. The molecule has 5 nitrogen and oxygen atoms in total. The number of hydrogen-bond acceptors (Lipinski definition) is 5. The van der Waals surface area contributed by atoms with Gasteiger partial charge >= 0.3 is 0 Å². The van der Waals surface area contributed by atoms with Gasteiger partial charge in [0.05, 0.1) is 0 Å². The monoisotopic (exact) mass is 263 g/mol. The van der Waals surface area contributed by atoms with Crippen LogP contribution >= 0.6 is 0 Å². The van der Waals surface area contributed by atoms with Crippen LogP contribution in [0.3, 0.4) is 0 Å². The Hall–Kier alpha value is -1.36. The van der Waals surface area contributed by atoms with Crippen LogP contribution in [0.25, 0.3) is 0 Å². The highest BCUT2D eigenvalue weighted by molar-refractivity contribution is 5.43. The molecule has 0 saturated carbocycles.